The highest BCUT2D eigenvalue weighted by atomic mass is 32.1. The minimum atomic E-state index is -1.03. The Morgan fingerprint density at radius 3 is 3.12 bits per heavy atom. The molecule has 0 aliphatic heterocycles. The van der Waals surface area contributed by atoms with Gasteiger partial charge in [0.2, 0.25) is 5.95 Å². The van der Waals surface area contributed by atoms with Gasteiger partial charge in [-0.15, -0.1) is 11.3 Å². The largest absolute Gasteiger partial charge is 0.478 e. The Labute approximate surface area is 100.0 Å². The molecule has 86 valence electrons. The van der Waals surface area contributed by atoms with Crippen molar-refractivity contribution in [2.24, 2.45) is 0 Å². The van der Waals surface area contributed by atoms with Crippen molar-refractivity contribution in [2.75, 3.05) is 11.9 Å². The summed E-state index contributed by atoms with van der Waals surface area (Å²) >= 11 is 1.27. The van der Waals surface area contributed by atoms with E-state index in [4.69, 9.17) is 10.2 Å². The van der Waals surface area contributed by atoms with Crippen molar-refractivity contribution >= 4 is 33.5 Å². The average molecular weight is 249 g/mol. The van der Waals surface area contributed by atoms with E-state index in [-0.39, 0.29) is 18.1 Å². The molecule has 0 saturated heterocycles. The number of rotatable bonds is 2. The summed E-state index contributed by atoms with van der Waals surface area (Å²) in [6.45, 7) is -0.270. The fourth-order valence-corrected chi connectivity index (χ4v) is 2.02. The van der Waals surface area contributed by atoms with Gasteiger partial charge < -0.3 is 10.2 Å². The van der Waals surface area contributed by atoms with Crippen LogP contribution in [-0.2, 0) is 0 Å². The van der Waals surface area contributed by atoms with Gasteiger partial charge in [-0.3, -0.25) is 5.32 Å². The van der Waals surface area contributed by atoms with Crippen molar-refractivity contribution in [2.45, 2.75) is 0 Å². The summed E-state index contributed by atoms with van der Waals surface area (Å²) in [4.78, 5) is 18.9. The van der Waals surface area contributed by atoms with Crippen LogP contribution in [0.2, 0.25) is 0 Å². The third-order valence-corrected chi connectivity index (χ3v) is 2.79. The van der Waals surface area contributed by atoms with Crippen LogP contribution < -0.4 is 5.32 Å². The molecule has 2 aromatic rings. The number of aliphatic hydroxyl groups excluding tert-OH is 1. The van der Waals surface area contributed by atoms with Crippen molar-refractivity contribution in [1.82, 2.24) is 9.97 Å². The van der Waals surface area contributed by atoms with Crippen molar-refractivity contribution in [1.29, 1.82) is 0 Å². The maximum Gasteiger partial charge on any atom is 0.338 e. The summed E-state index contributed by atoms with van der Waals surface area (Å²) < 4.78 is 0.697. The van der Waals surface area contributed by atoms with E-state index in [0.717, 1.165) is 0 Å². The first-order valence-corrected chi connectivity index (χ1v) is 5.42. The maximum atomic E-state index is 10.9. The molecule has 0 spiro atoms. The first-order chi connectivity index (χ1) is 8.22. The maximum absolute atomic E-state index is 10.9. The molecule has 0 aliphatic carbocycles. The zero-order valence-electron chi connectivity index (χ0n) is 8.47. The van der Waals surface area contributed by atoms with Crippen LogP contribution in [0.3, 0.4) is 0 Å². The predicted molar refractivity (Wildman–Crippen MR) is 62.9 cm³/mol. The number of aliphatic hydroxyl groups is 1. The lowest BCUT2D eigenvalue weighted by Crippen LogP contribution is -1.99. The van der Waals surface area contributed by atoms with Crippen LogP contribution in [-0.4, -0.2) is 32.8 Å². The number of aromatic nitrogens is 2. The van der Waals surface area contributed by atoms with Crippen LogP contribution in [0.5, 0.6) is 0 Å². The van der Waals surface area contributed by atoms with Gasteiger partial charge in [0.1, 0.15) is 12.1 Å². The molecule has 0 aliphatic rings. The van der Waals surface area contributed by atoms with E-state index in [2.05, 4.69) is 27.2 Å². The van der Waals surface area contributed by atoms with Gasteiger partial charge in [0.15, 0.2) is 0 Å². The molecule has 0 radical (unpaired) electrons. The number of nitrogens with one attached hydrogen (secondary N) is 1. The van der Waals surface area contributed by atoms with E-state index in [1.165, 1.54) is 22.9 Å². The Bertz CT molecular complexity index is 626. The number of nitrogens with zero attached hydrogens (tertiary/aromatic N) is 2. The second-order valence-electron chi connectivity index (χ2n) is 2.95. The molecule has 6 nitrogen and oxygen atoms in total. The lowest BCUT2D eigenvalue weighted by atomic mass is 10.3. The smallest absolute Gasteiger partial charge is 0.338 e. The molecule has 0 amide bonds. The van der Waals surface area contributed by atoms with Crippen LogP contribution >= 0.6 is 11.3 Å². The topological polar surface area (TPSA) is 95.3 Å². The molecule has 2 heterocycles. The first kappa shape index (κ1) is 11.3. The number of aromatic carboxylic acids is 1. The SMILES string of the molecule is O=C(O)c1csc2cnc(NC#CCO)nc12. The van der Waals surface area contributed by atoms with E-state index < -0.39 is 5.97 Å². The van der Waals surface area contributed by atoms with Crippen LogP contribution in [0.25, 0.3) is 10.2 Å². The second-order valence-corrected chi connectivity index (χ2v) is 3.86. The summed E-state index contributed by atoms with van der Waals surface area (Å²) in [5.74, 6) is 1.56. The molecule has 0 bridgehead atoms. The van der Waals surface area contributed by atoms with Gasteiger partial charge in [0.05, 0.1) is 16.5 Å². The fourth-order valence-electron chi connectivity index (χ4n) is 1.18. The lowest BCUT2D eigenvalue weighted by Gasteiger charge is -1.97. The predicted octanol–water partition coefficient (Wildman–Crippen LogP) is 0.755. The van der Waals surface area contributed by atoms with E-state index >= 15 is 0 Å². The summed E-state index contributed by atoms with van der Waals surface area (Å²) in [5.41, 5.74) is 0.524. The number of anilines is 1. The third kappa shape index (κ3) is 2.33. The molecule has 0 atom stereocenters. The summed E-state index contributed by atoms with van der Waals surface area (Å²) in [7, 11) is 0. The average Bonchev–Trinajstić information content (AvgIpc) is 2.72. The fraction of sp³-hybridized carbons (Fsp3) is 0.100. The molecule has 3 N–H and O–H groups in total. The van der Waals surface area contributed by atoms with E-state index in [1.807, 2.05) is 0 Å². The zero-order chi connectivity index (χ0) is 12.3. The summed E-state index contributed by atoms with van der Waals surface area (Å²) in [6.07, 6.45) is 1.53. The lowest BCUT2D eigenvalue weighted by molar-refractivity contribution is 0.0699. The molecule has 0 saturated carbocycles. The zero-order valence-corrected chi connectivity index (χ0v) is 9.28. The van der Waals surface area contributed by atoms with Gasteiger partial charge in [-0.2, -0.15) is 0 Å². The highest BCUT2D eigenvalue weighted by Gasteiger charge is 2.12. The number of carboxylic acids is 1. The Kier molecular flexibility index (Phi) is 3.18. The normalized spacial score (nSPS) is 9.71. The molecule has 0 unspecified atom stereocenters. The number of hydrogen-bond donors (Lipinski definition) is 3. The van der Waals surface area contributed by atoms with Crippen molar-refractivity contribution in [3.8, 4) is 12.0 Å². The Morgan fingerprint density at radius 1 is 1.59 bits per heavy atom. The Hall–Kier alpha value is -2.17. The van der Waals surface area contributed by atoms with Crippen LogP contribution in [0.1, 0.15) is 10.4 Å². The van der Waals surface area contributed by atoms with Crippen LogP contribution in [0.4, 0.5) is 5.95 Å². The molecule has 2 rings (SSSR count). The number of fused-ring (bicyclic) bond motifs is 1. The number of thiophene rings is 1. The van der Waals surface area contributed by atoms with Crippen molar-refractivity contribution < 1.29 is 15.0 Å². The van der Waals surface area contributed by atoms with Crippen molar-refractivity contribution in [3.63, 3.8) is 0 Å². The standard InChI is InChI=1S/C10H7N3O3S/c14-3-1-2-11-10-12-4-7-8(13-10)6(5-17-7)9(15)16/h4-5,14H,3H2,(H,15,16)(H,11,12,13). The van der Waals surface area contributed by atoms with Gasteiger partial charge in [0, 0.05) is 11.4 Å². The Morgan fingerprint density at radius 2 is 2.41 bits per heavy atom. The third-order valence-electron chi connectivity index (χ3n) is 1.89. The van der Waals surface area contributed by atoms with Gasteiger partial charge in [-0.05, 0) is 0 Å². The van der Waals surface area contributed by atoms with Crippen LogP contribution in [0.15, 0.2) is 11.6 Å². The van der Waals surface area contributed by atoms with E-state index in [0.29, 0.717) is 10.2 Å². The van der Waals surface area contributed by atoms with E-state index in [9.17, 15) is 4.79 Å². The number of carbonyl (C=O) groups is 1. The number of carboxylic acid groups (broad SMARTS) is 1. The van der Waals surface area contributed by atoms with Crippen molar-refractivity contribution in [3.05, 3.63) is 17.1 Å². The number of hydrogen-bond acceptors (Lipinski definition) is 6. The highest BCUT2D eigenvalue weighted by Crippen LogP contribution is 2.24. The van der Waals surface area contributed by atoms with Gasteiger partial charge in [-0.1, -0.05) is 5.92 Å². The highest BCUT2D eigenvalue weighted by molar-refractivity contribution is 7.17. The molecule has 0 fully saturated rings. The summed E-state index contributed by atoms with van der Waals surface area (Å²) in [5, 5.41) is 21.5. The molecule has 7 heteroatoms. The first-order valence-electron chi connectivity index (χ1n) is 4.54. The monoisotopic (exact) mass is 249 g/mol. The van der Waals surface area contributed by atoms with Gasteiger partial charge >= 0.3 is 5.97 Å². The molecule has 17 heavy (non-hydrogen) atoms. The quantitative estimate of drug-likeness (QED) is 0.537. The van der Waals surface area contributed by atoms with Gasteiger partial charge in [-0.25, -0.2) is 14.8 Å². The molecule has 0 aromatic carbocycles. The molecular formula is C10H7N3O3S. The van der Waals surface area contributed by atoms with Crippen LogP contribution in [0, 0.1) is 12.0 Å². The minimum Gasteiger partial charge on any atom is -0.478 e. The summed E-state index contributed by atoms with van der Waals surface area (Å²) in [6, 6.07) is 2.44. The second kappa shape index (κ2) is 4.78. The van der Waals surface area contributed by atoms with Gasteiger partial charge in [0.25, 0.3) is 0 Å². The Balaban J connectivity index is 2.41. The molecule has 2 aromatic heterocycles. The minimum absolute atomic E-state index is 0.144. The van der Waals surface area contributed by atoms with E-state index in [1.54, 1.807) is 0 Å². The molecular weight excluding hydrogens is 242 g/mol.